The van der Waals surface area contributed by atoms with Gasteiger partial charge in [-0.3, -0.25) is 0 Å². The summed E-state index contributed by atoms with van der Waals surface area (Å²) in [6.07, 6.45) is 5.74. The van der Waals surface area contributed by atoms with Gasteiger partial charge >= 0.3 is 0 Å². The predicted octanol–water partition coefficient (Wildman–Crippen LogP) is 4.07. The molecule has 0 spiro atoms. The molecule has 0 radical (unpaired) electrons. The van der Waals surface area contributed by atoms with E-state index in [1.54, 1.807) is 11.3 Å². The summed E-state index contributed by atoms with van der Waals surface area (Å²) < 4.78 is 0.899. The van der Waals surface area contributed by atoms with Gasteiger partial charge in [0.15, 0.2) is 0 Å². The summed E-state index contributed by atoms with van der Waals surface area (Å²) in [6, 6.07) is 4.72. The number of rotatable bonds is 8. The van der Waals surface area contributed by atoms with Crippen molar-refractivity contribution in [2.24, 2.45) is 0 Å². The van der Waals surface area contributed by atoms with Crippen LogP contribution in [0, 0.1) is 0 Å². The molecule has 1 atom stereocenters. The predicted molar refractivity (Wildman–Crippen MR) is 78.1 cm³/mol. The molecule has 0 aliphatic carbocycles. The van der Waals surface area contributed by atoms with Crippen LogP contribution in [0.15, 0.2) is 12.1 Å². The normalized spacial score (nSPS) is 12.9. The minimum Gasteiger partial charge on any atom is -0.314 e. The van der Waals surface area contributed by atoms with Crippen LogP contribution in [0.25, 0.3) is 0 Å². The first-order valence-electron chi connectivity index (χ1n) is 5.69. The van der Waals surface area contributed by atoms with Crippen molar-refractivity contribution in [1.29, 1.82) is 0 Å². The molecule has 0 saturated carbocycles. The van der Waals surface area contributed by atoms with E-state index >= 15 is 0 Å². The quantitative estimate of drug-likeness (QED) is 0.719. The first kappa shape index (κ1) is 14.4. The van der Waals surface area contributed by atoms with Crippen molar-refractivity contribution in [2.75, 3.05) is 18.6 Å². The maximum absolute atomic E-state index is 5.89. The van der Waals surface area contributed by atoms with E-state index in [4.69, 9.17) is 11.6 Å². The molecule has 16 heavy (non-hydrogen) atoms. The molecule has 1 aromatic rings. The maximum Gasteiger partial charge on any atom is 0.0931 e. The summed E-state index contributed by atoms with van der Waals surface area (Å²) in [4.78, 5) is 1.39. The van der Waals surface area contributed by atoms with E-state index in [2.05, 4.69) is 24.6 Å². The summed E-state index contributed by atoms with van der Waals surface area (Å²) in [5.41, 5.74) is 0. The molecule has 1 N–H and O–H groups in total. The monoisotopic (exact) mass is 277 g/mol. The van der Waals surface area contributed by atoms with Crippen LogP contribution in [0.4, 0.5) is 0 Å². The largest absolute Gasteiger partial charge is 0.314 e. The molecule has 0 amide bonds. The summed E-state index contributed by atoms with van der Waals surface area (Å²) >= 11 is 9.50. The van der Waals surface area contributed by atoms with Crippen molar-refractivity contribution in [3.05, 3.63) is 21.3 Å². The van der Waals surface area contributed by atoms with Gasteiger partial charge in [-0.1, -0.05) is 11.6 Å². The highest BCUT2D eigenvalue weighted by molar-refractivity contribution is 7.98. The molecule has 1 aromatic heterocycles. The molecule has 1 unspecified atom stereocenters. The lowest BCUT2D eigenvalue weighted by Gasteiger charge is -2.12. The SMILES string of the molecule is CSCCCNC(C)CCc1ccc(Cl)s1. The van der Waals surface area contributed by atoms with E-state index in [0.717, 1.165) is 17.3 Å². The van der Waals surface area contributed by atoms with E-state index in [0.29, 0.717) is 6.04 Å². The Labute approximate surface area is 112 Å². The van der Waals surface area contributed by atoms with Crippen LogP contribution in [0.5, 0.6) is 0 Å². The van der Waals surface area contributed by atoms with Crippen LogP contribution in [0.1, 0.15) is 24.6 Å². The lowest BCUT2D eigenvalue weighted by molar-refractivity contribution is 0.516. The Bertz CT molecular complexity index is 288. The molecule has 0 bridgehead atoms. The van der Waals surface area contributed by atoms with Gasteiger partial charge in [0, 0.05) is 10.9 Å². The maximum atomic E-state index is 5.89. The van der Waals surface area contributed by atoms with Gasteiger partial charge in [-0.15, -0.1) is 11.3 Å². The van der Waals surface area contributed by atoms with Crippen LogP contribution in [-0.4, -0.2) is 24.6 Å². The second kappa shape index (κ2) is 8.40. The van der Waals surface area contributed by atoms with Crippen molar-refractivity contribution in [3.8, 4) is 0 Å². The highest BCUT2D eigenvalue weighted by Crippen LogP contribution is 2.22. The van der Waals surface area contributed by atoms with E-state index in [1.807, 2.05) is 17.8 Å². The molecular weight excluding hydrogens is 258 g/mol. The Balaban J connectivity index is 2.08. The third kappa shape index (κ3) is 6.14. The number of nitrogens with one attached hydrogen (secondary N) is 1. The van der Waals surface area contributed by atoms with Crippen LogP contribution in [0.2, 0.25) is 4.34 Å². The van der Waals surface area contributed by atoms with Crippen LogP contribution >= 0.6 is 34.7 Å². The van der Waals surface area contributed by atoms with Gasteiger partial charge in [-0.2, -0.15) is 11.8 Å². The highest BCUT2D eigenvalue weighted by atomic mass is 35.5. The molecule has 0 aromatic carbocycles. The fourth-order valence-corrected chi connectivity index (χ4v) is 3.05. The first-order valence-corrected chi connectivity index (χ1v) is 8.27. The van der Waals surface area contributed by atoms with Crippen molar-refractivity contribution >= 4 is 34.7 Å². The van der Waals surface area contributed by atoms with Gasteiger partial charge in [0.1, 0.15) is 0 Å². The minimum atomic E-state index is 0.600. The lowest BCUT2D eigenvalue weighted by Crippen LogP contribution is -2.27. The van der Waals surface area contributed by atoms with Crippen molar-refractivity contribution in [3.63, 3.8) is 0 Å². The Hall–Kier alpha value is 0.300. The number of aryl methyl sites for hydroxylation is 1. The number of thiophene rings is 1. The number of hydrogen-bond donors (Lipinski definition) is 1. The third-order valence-electron chi connectivity index (χ3n) is 2.47. The van der Waals surface area contributed by atoms with E-state index in [-0.39, 0.29) is 0 Å². The molecule has 1 heterocycles. The van der Waals surface area contributed by atoms with E-state index in [9.17, 15) is 0 Å². The van der Waals surface area contributed by atoms with E-state index < -0.39 is 0 Å². The minimum absolute atomic E-state index is 0.600. The molecule has 1 rings (SSSR count). The van der Waals surface area contributed by atoms with E-state index in [1.165, 1.54) is 23.5 Å². The second-order valence-electron chi connectivity index (χ2n) is 3.95. The smallest absolute Gasteiger partial charge is 0.0931 e. The zero-order valence-corrected chi connectivity index (χ0v) is 12.4. The van der Waals surface area contributed by atoms with Crippen molar-refractivity contribution < 1.29 is 0 Å². The number of thioether (sulfide) groups is 1. The standard InChI is InChI=1S/C12H20ClNS2/c1-10(14-8-3-9-15-2)4-5-11-6-7-12(13)16-11/h6-7,10,14H,3-5,8-9H2,1-2H3. The molecular formula is C12H20ClNS2. The molecule has 0 aliphatic rings. The van der Waals surface area contributed by atoms with Gasteiger partial charge in [0.2, 0.25) is 0 Å². The van der Waals surface area contributed by atoms with Crippen LogP contribution in [-0.2, 0) is 6.42 Å². The van der Waals surface area contributed by atoms with Gasteiger partial charge in [0.25, 0.3) is 0 Å². The third-order valence-corrected chi connectivity index (χ3v) is 4.46. The Kier molecular flexibility index (Phi) is 7.54. The zero-order valence-electron chi connectivity index (χ0n) is 9.96. The van der Waals surface area contributed by atoms with Crippen LogP contribution in [0.3, 0.4) is 0 Å². The summed E-state index contributed by atoms with van der Waals surface area (Å²) in [6.45, 7) is 3.39. The second-order valence-corrected chi connectivity index (χ2v) is 6.73. The van der Waals surface area contributed by atoms with Gasteiger partial charge in [-0.25, -0.2) is 0 Å². The fraction of sp³-hybridized carbons (Fsp3) is 0.667. The zero-order chi connectivity index (χ0) is 11.8. The first-order chi connectivity index (χ1) is 7.72. The molecule has 1 nitrogen and oxygen atoms in total. The molecule has 0 fully saturated rings. The van der Waals surface area contributed by atoms with Gasteiger partial charge < -0.3 is 5.32 Å². The summed E-state index contributed by atoms with van der Waals surface area (Å²) in [5, 5.41) is 3.55. The Morgan fingerprint density at radius 3 is 2.94 bits per heavy atom. The summed E-state index contributed by atoms with van der Waals surface area (Å²) in [5.74, 6) is 1.25. The van der Waals surface area contributed by atoms with Gasteiger partial charge in [0.05, 0.1) is 4.34 Å². The Morgan fingerprint density at radius 2 is 2.31 bits per heavy atom. The van der Waals surface area contributed by atoms with Crippen molar-refractivity contribution in [2.45, 2.75) is 32.2 Å². The number of hydrogen-bond acceptors (Lipinski definition) is 3. The highest BCUT2D eigenvalue weighted by Gasteiger charge is 2.03. The molecule has 0 saturated heterocycles. The summed E-state index contributed by atoms with van der Waals surface area (Å²) in [7, 11) is 0. The molecule has 0 aliphatic heterocycles. The molecule has 4 heteroatoms. The Morgan fingerprint density at radius 1 is 1.50 bits per heavy atom. The number of halogens is 1. The molecule has 92 valence electrons. The lowest BCUT2D eigenvalue weighted by atomic mass is 10.1. The average molecular weight is 278 g/mol. The average Bonchev–Trinajstić information content (AvgIpc) is 2.68. The van der Waals surface area contributed by atoms with Crippen molar-refractivity contribution in [1.82, 2.24) is 5.32 Å². The van der Waals surface area contributed by atoms with Crippen LogP contribution < -0.4 is 5.32 Å². The fourth-order valence-electron chi connectivity index (χ4n) is 1.51. The van der Waals surface area contributed by atoms with Gasteiger partial charge in [-0.05, 0) is 56.9 Å². The topological polar surface area (TPSA) is 12.0 Å².